The van der Waals surface area contributed by atoms with Crippen LogP contribution in [0.25, 0.3) is 43.1 Å². The van der Waals surface area contributed by atoms with Gasteiger partial charge in [0, 0.05) is 37.8 Å². The number of Topliss-reactive ketones (excluding diaryl/α,β-unsaturated/α-hetero) is 1. The van der Waals surface area contributed by atoms with Gasteiger partial charge in [-0.1, -0.05) is 132 Å². The lowest BCUT2D eigenvalue weighted by molar-refractivity contribution is -0.134. The summed E-state index contributed by atoms with van der Waals surface area (Å²) in [4.78, 5) is 53.5. The van der Waals surface area contributed by atoms with Crippen LogP contribution in [0, 0.1) is 0 Å². The van der Waals surface area contributed by atoms with E-state index in [0.29, 0.717) is 64.9 Å². The highest BCUT2D eigenvalue weighted by Crippen LogP contribution is 2.29. The lowest BCUT2D eigenvalue weighted by Gasteiger charge is -2.08. The number of nitrogen functional groups attached to an aromatic ring is 1. The van der Waals surface area contributed by atoms with Crippen molar-refractivity contribution in [2.45, 2.75) is 69.1 Å². The lowest BCUT2D eigenvalue weighted by atomic mass is 10.1. The van der Waals surface area contributed by atoms with Crippen LogP contribution >= 0.6 is 22.7 Å². The summed E-state index contributed by atoms with van der Waals surface area (Å²) in [5.74, 6) is 4.64. The number of benzene rings is 6. The van der Waals surface area contributed by atoms with Gasteiger partial charge in [-0.05, 0) is 117 Å². The molecule has 6 aromatic carbocycles. The van der Waals surface area contributed by atoms with Crippen LogP contribution in [0.5, 0.6) is 0 Å². The minimum Gasteiger partial charge on any atom is -0.481 e. The normalized spacial score (nSPS) is 11.2. The van der Waals surface area contributed by atoms with E-state index in [1.54, 1.807) is 60.7 Å². The van der Waals surface area contributed by atoms with Gasteiger partial charge in [0.2, 0.25) is 16.9 Å². The number of hydrazone groups is 1. The number of sulfonamides is 2. The van der Waals surface area contributed by atoms with Gasteiger partial charge in [0.15, 0.2) is 22.4 Å². The number of hydrogen-bond donors (Lipinski definition) is 6. The first-order valence-electron chi connectivity index (χ1n) is 25.6. The molecule has 0 radical (unpaired) electrons. The number of rotatable bonds is 19. The second kappa shape index (κ2) is 29.5. The topological polar surface area (TPSA) is 295 Å². The van der Waals surface area contributed by atoms with E-state index in [4.69, 9.17) is 24.6 Å². The van der Waals surface area contributed by atoms with Crippen LogP contribution in [0.15, 0.2) is 206 Å². The highest BCUT2D eigenvalue weighted by molar-refractivity contribution is 7.90. The third kappa shape index (κ3) is 18.7. The number of furan rings is 2. The summed E-state index contributed by atoms with van der Waals surface area (Å²) in [7, 11) is -8.03. The molecule has 428 valence electrons. The highest BCUT2D eigenvalue weighted by Gasteiger charge is 2.21. The van der Waals surface area contributed by atoms with Gasteiger partial charge < -0.3 is 13.9 Å². The fourth-order valence-electron chi connectivity index (χ4n) is 7.76. The summed E-state index contributed by atoms with van der Waals surface area (Å²) in [5.41, 5.74) is 11.2. The van der Waals surface area contributed by atoms with Crippen molar-refractivity contribution in [2.24, 2.45) is 10.9 Å². The maximum Gasteiger partial charge on any atom is 0.300 e. The Kier molecular flexibility index (Phi) is 21.9. The van der Waals surface area contributed by atoms with Crippen LogP contribution in [0.1, 0.15) is 73.9 Å². The molecule has 0 saturated heterocycles. The summed E-state index contributed by atoms with van der Waals surface area (Å²) in [6.07, 6.45) is 2.71. The number of carbonyl (C=O) groups is 4. The molecular formula is C60H58N8O11S4. The number of hydrogen-bond acceptors (Lipinski definition) is 18. The Bertz CT molecular complexity index is 4020. The second-order valence-corrected chi connectivity index (χ2v) is 23.5. The van der Waals surface area contributed by atoms with Gasteiger partial charge >= 0.3 is 0 Å². The number of para-hydroxylation sites is 2. The van der Waals surface area contributed by atoms with E-state index >= 15 is 0 Å². The van der Waals surface area contributed by atoms with Gasteiger partial charge in [-0.15, -0.1) is 0 Å². The average Bonchev–Trinajstić information content (AvgIpc) is 4.37. The van der Waals surface area contributed by atoms with Gasteiger partial charge in [0.1, 0.15) is 17.2 Å². The predicted molar refractivity (Wildman–Crippen MR) is 324 cm³/mol. The molecule has 0 aliphatic carbocycles. The Morgan fingerprint density at radius 3 is 1.41 bits per heavy atom. The molecule has 2 amide bonds. The molecule has 10 rings (SSSR count). The Balaban J connectivity index is 0.000000195. The molecule has 4 heterocycles. The number of fused-ring (bicyclic) bond motifs is 2. The smallest absolute Gasteiger partial charge is 0.300 e. The van der Waals surface area contributed by atoms with Crippen LogP contribution in [0.4, 0.5) is 10.3 Å². The molecule has 0 spiro atoms. The predicted octanol–water partition coefficient (Wildman–Crippen LogP) is 11.9. The van der Waals surface area contributed by atoms with Gasteiger partial charge in [0.25, 0.3) is 26.0 Å². The second-order valence-electron chi connectivity index (χ2n) is 18.1. The van der Waals surface area contributed by atoms with Crippen molar-refractivity contribution in [1.82, 2.24) is 19.4 Å². The average molecular weight is 1200 g/mol. The van der Waals surface area contributed by atoms with E-state index in [2.05, 4.69) is 35.4 Å². The molecule has 10 aromatic rings. The van der Waals surface area contributed by atoms with E-state index in [1.807, 2.05) is 109 Å². The number of hydrazine groups is 1. The molecule has 7 N–H and O–H groups in total. The van der Waals surface area contributed by atoms with Gasteiger partial charge in [-0.3, -0.25) is 30.0 Å². The van der Waals surface area contributed by atoms with Crippen molar-refractivity contribution in [2.75, 3.05) is 10.9 Å². The molecule has 4 aromatic heterocycles. The van der Waals surface area contributed by atoms with E-state index < -0.39 is 37.8 Å². The van der Waals surface area contributed by atoms with Gasteiger partial charge in [-0.2, -0.15) is 5.10 Å². The number of aromatic nitrogens is 2. The molecule has 23 heteroatoms. The van der Waals surface area contributed by atoms with Crippen molar-refractivity contribution in [3.63, 3.8) is 0 Å². The van der Waals surface area contributed by atoms with Crippen LogP contribution in [0.3, 0.4) is 0 Å². The first-order valence-corrected chi connectivity index (χ1v) is 30.2. The number of carboxylic acid groups (broad SMARTS) is 1. The number of thiazole rings is 2. The first-order chi connectivity index (χ1) is 39.8. The Hall–Kier alpha value is -9.13. The van der Waals surface area contributed by atoms with E-state index in [9.17, 15) is 31.2 Å². The lowest BCUT2D eigenvalue weighted by Crippen LogP contribution is -2.30. The number of aryl methyl sites for hydroxylation is 2. The van der Waals surface area contributed by atoms with Crippen LogP contribution in [0.2, 0.25) is 0 Å². The zero-order valence-corrected chi connectivity index (χ0v) is 48.4. The number of nitrogens with one attached hydrogen (secondary N) is 4. The molecule has 0 bridgehead atoms. The van der Waals surface area contributed by atoms with Gasteiger partial charge in [-0.25, -0.2) is 42.1 Å². The number of carboxylic acids is 1. The number of carbonyl (C=O) groups excluding carboxylic acids is 3. The first kappa shape index (κ1) is 61.5. The van der Waals surface area contributed by atoms with Crippen molar-refractivity contribution < 1.29 is 50.0 Å². The molecule has 19 nitrogen and oxygen atoms in total. The summed E-state index contributed by atoms with van der Waals surface area (Å²) in [6.45, 7) is 4.27. The zero-order chi connectivity index (χ0) is 59.4. The molecule has 0 saturated carbocycles. The SMILES string of the molecule is C/C(=N\Nc1nc2ccccc2s1)c1ccc(-c2cccc(S(=O)(=O)NC(=O)CCCc3ccccc3)c2)o1.CC(=O)O.CC(=O)c1ccc(-c2cccc(S(=O)(=O)NC(=O)CCCc3ccccc3)c2)o1.NNc1nc2ccccc2s1. The fraction of sp³-hybridized carbons (Fsp3) is 0.150. The largest absolute Gasteiger partial charge is 0.481 e. The minimum atomic E-state index is -4.03. The van der Waals surface area contributed by atoms with E-state index in [0.717, 1.165) is 43.6 Å². The summed E-state index contributed by atoms with van der Waals surface area (Å²) >= 11 is 3.05. The molecule has 0 aliphatic heterocycles. The van der Waals surface area contributed by atoms with E-state index in [1.165, 1.54) is 48.6 Å². The minimum absolute atomic E-state index is 0.0164. The van der Waals surface area contributed by atoms with Crippen molar-refractivity contribution in [3.05, 3.63) is 205 Å². The monoisotopic (exact) mass is 1190 g/mol. The summed E-state index contributed by atoms with van der Waals surface area (Å²) in [5, 5.41) is 13.2. The molecule has 83 heavy (non-hydrogen) atoms. The van der Waals surface area contributed by atoms with Gasteiger partial charge in [0.05, 0.1) is 30.2 Å². The van der Waals surface area contributed by atoms with Crippen LogP contribution < -0.4 is 26.1 Å². The quantitative estimate of drug-likeness (QED) is 0.0190. The number of anilines is 2. The molecule has 0 aliphatic rings. The number of nitrogens with zero attached hydrogens (tertiary/aromatic N) is 3. The Morgan fingerprint density at radius 2 is 0.964 bits per heavy atom. The Labute approximate surface area is 487 Å². The molecule has 0 unspecified atom stereocenters. The van der Waals surface area contributed by atoms with Crippen LogP contribution in [-0.2, 0) is 47.3 Å². The molecule has 0 atom stereocenters. The fourth-order valence-corrected chi connectivity index (χ4v) is 11.5. The zero-order valence-electron chi connectivity index (χ0n) is 45.1. The van der Waals surface area contributed by atoms with Crippen molar-refractivity contribution >= 4 is 103 Å². The standard InChI is InChI=1S/C29H26N4O4S2.C22H21NO5S.C7H7N3S.C2H4O2/c1-20(31-32-29-30-24-14-5-6-15-27(24)38-29)25-17-18-26(37-25)22-12-8-13-23(19-22)39(35,36)33-28(34)16-7-11-21-9-3-2-4-10-21;1-16(24)20-13-14-21(28-20)18-10-6-11-19(15-18)29(26,27)23-22(25)12-5-9-17-7-3-2-4-8-17;8-10-7-9-5-3-1-2-4-6(5)11-7;1-2(3)4/h2-6,8-10,12-15,17-19H,7,11,16H2,1H3,(H,30,32)(H,33,34);2-4,6-8,10-11,13-15H,5,9,12H2,1H3,(H,23,25);1-4H,8H2,(H,9,10);1H3,(H,3,4)/b31-20+;;;. The number of amides is 2. The van der Waals surface area contributed by atoms with Crippen molar-refractivity contribution in [1.29, 1.82) is 0 Å². The molecule has 0 fully saturated rings. The maximum absolute atomic E-state index is 12.9. The number of ketones is 1. The van der Waals surface area contributed by atoms with Crippen LogP contribution in [-0.4, -0.2) is 61.2 Å². The highest BCUT2D eigenvalue weighted by atomic mass is 32.2. The third-order valence-electron chi connectivity index (χ3n) is 11.7. The number of aliphatic carboxylic acids is 1. The number of nitrogens with two attached hydrogens (primary N) is 1. The summed E-state index contributed by atoms with van der Waals surface area (Å²) < 4.78 is 68.7. The van der Waals surface area contributed by atoms with E-state index in [-0.39, 0.29) is 34.2 Å². The molecular weight excluding hydrogens is 1140 g/mol. The van der Waals surface area contributed by atoms with Crippen molar-refractivity contribution in [3.8, 4) is 22.6 Å². The maximum atomic E-state index is 12.9. The summed E-state index contributed by atoms with van der Waals surface area (Å²) in [6, 6.07) is 54.2. The Morgan fingerprint density at radius 1 is 0.542 bits per heavy atom. The third-order valence-corrected chi connectivity index (χ3v) is 16.4.